The number of ether oxygens (including phenoxy) is 1. The second-order valence-corrected chi connectivity index (χ2v) is 5.49. The molecule has 0 unspecified atom stereocenters. The molecule has 1 aliphatic rings. The lowest BCUT2D eigenvalue weighted by molar-refractivity contribution is -0.228. The maximum absolute atomic E-state index is 9.97. The normalized spacial score (nSPS) is 34.7. The van der Waals surface area contributed by atoms with Gasteiger partial charge in [-0.1, -0.05) is 24.3 Å². The van der Waals surface area contributed by atoms with Crippen molar-refractivity contribution in [2.75, 3.05) is 6.61 Å². The monoisotopic (exact) mass is 298 g/mol. The molecule has 1 aliphatic heterocycles. The van der Waals surface area contributed by atoms with Gasteiger partial charge in [-0.05, 0) is 18.1 Å². The molecule has 6 atom stereocenters. The van der Waals surface area contributed by atoms with Gasteiger partial charge in [0.2, 0.25) is 0 Å². The summed E-state index contributed by atoms with van der Waals surface area (Å²) in [5, 5.41) is 48.0. The topological polar surface area (TPSA) is 110 Å². The molecule has 0 spiro atoms. The van der Waals surface area contributed by atoms with Crippen LogP contribution < -0.4 is 0 Å². The van der Waals surface area contributed by atoms with Gasteiger partial charge in [0.1, 0.15) is 24.4 Å². The van der Waals surface area contributed by atoms with Crippen LogP contribution >= 0.6 is 0 Å². The first-order valence-electron chi connectivity index (χ1n) is 7.01. The molecular formula is C15H22O6. The lowest BCUT2D eigenvalue weighted by Gasteiger charge is -2.40. The van der Waals surface area contributed by atoms with Crippen LogP contribution in [0.5, 0.6) is 0 Å². The van der Waals surface area contributed by atoms with E-state index in [1.54, 1.807) is 19.1 Å². The molecule has 0 aromatic heterocycles. The molecule has 0 amide bonds. The van der Waals surface area contributed by atoms with Gasteiger partial charge in [-0.25, -0.2) is 0 Å². The summed E-state index contributed by atoms with van der Waals surface area (Å²) < 4.78 is 5.45. The van der Waals surface area contributed by atoms with E-state index in [-0.39, 0.29) is 0 Å². The second kappa shape index (κ2) is 6.83. The number of aliphatic hydroxyl groups is 5. The molecule has 1 heterocycles. The van der Waals surface area contributed by atoms with E-state index in [4.69, 9.17) is 9.84 Å². The summed E-state index contributed by atoms with van der Waals surface area (Å²) in [7, 11) is 0. The predicted molar refractivity (Wildman–Crippen MR) is 74.5 cm³/mol. The van der Waals surface area contributed by atoms with Gasteiger partial charge in [0.25, 0.3) is 0 Å². The molecule has 0 bridgehead atoms. The van der Waals surface area contributed by atoms with E-state index < -0.39 is 43.2 Å². The summed E-state index contributed by atoms with van der Waals surface area (Å²) in [5.41, 5.74) is 1.65. The van der Waals surface area contributed by atoms with Crippen LogP contribution in [0.4, 0.5) is 0 Å². The highest BCUT2D eigenvalue weighted by Crippen LogP contribution is 2.24. The first-order valence-corrected chi connectivity index (χ1v) is 7.01. The zero-order valence-corrected chi connectivity index (χ0v) is 11.8. The van der Waals surface area contributed by atoms with E-state index in [1.807, 2.05) is 12.1 Å². The van der Waals surface area contributed by atoms with Gasteiger partial charge >= 0.3 is 0 Å². The van der Waals surface area contributed by atoms with E-state index in [0.29, 0.717) is 6.42 Å². The molecular weight excluding hydrogens is 276 g/mol. The van der Waals surface area contributed by atoms with Crippen molar-refractivity contribution in [2.45, 2.75) is 50.0 Å². The number of hydrogen-bond donors (Lipinski definition) is 5. The summed E-state index contributed by atoms with van der Waals surface area (Å²) in [6.07, 6.45) is -5.72. The first-order chi connectivity index (χ1) is 9.93. The molecule has 6 nitrogen and oxygen atoms in total. The van der Waals surface area contributed by atoms with Gasteiger partial charge in [-0.2, -0.15) is 0 Å². The predicted octanol–water partition coefficient (Wildman–Crippen LogP) is -0.875. The van der Waals surface area contributed by atoms with Crippen molar-refractivity contribution in [3.8, 4) is 0 Å². The van der Waals surface area contributed by atoms with Crippen LogP contribution in [-0.2, 0) is 11.2 Å². The van der Waals surface area contributed by atoms with Crippen LogP contribution in [-0.4, -0.2) is 62.7 Å². The highest BCUT2D eigenvalue weighted by Gasteiger charge is 2.43. The third-order valence-corrected chi connectivity index (χ3v) is 3.89. The zero-order chi connectivity index (χ0) is 15.6. The average Bonchev–Trinajstić information content (AvgIpc) is 2.48. The van der Waals surface area contributed by atoms with E-state index in [0.717, 1.165) is 11.1 Å². The third-order valence-electron chi connectivity index (χ3n) is 3.89. The Hall–Kier alpha value is -1.02. The molecule has 1 saturated heterocycles. The Morgan fingerprint density at radius 1 is 1.00 bits per heavy atom. The molecule has 0 aliphatic carbocycles. The summed E-state index contributed by atoms with van der Waals surface area (Å²) in [5.74, 6) is 0. The van der Waals surface area contributed by atoms with Gasteiger partial charge in [0.15, 0.2) is 0 Å². The van der Waals surface area contributed by atoms with E-state index in [1.165, 1.54) is 0 Å². The maximum Gasteiger partial charge on any atom is 0.111 e. The third kappa shape index (κ3) is 3.60. The Morgan fingerprint density at radius 3 is 2.10 bits per heavy atom. The Bertz CT molecular complexity index is 444. The Balaban J connectivity index is 2.07. The minimum atomic E-state index is -1.35. The Labute approximate surface area is 123 Å². The lowest BCUT2D eigenvalue weighted by Crippen LogP contribution is -2.58. The van der Waals surface area contributed by atoms with Gasteiger partial charge in [-0.15, -0.1) is 0 Å². The maximum atomic E-state index is 9.97. The molecule has 0 saturated carbocycles. The minimum Gasteiger partial charge on any atom is -0.394 e. The molecule has 1 fully saturated rings. The summed E-state index contributed by atoms with van der Waals surface area (Å²) in [6, 6.07) is 7.18. The molecule has 21 heavy (non-hydrogen) atoms. The number of aliphatic hydroxyl groups excluding tert-OH is 5. The van der Waals surface area contributed by atoms with E-state index in [9.17, 15) is 20.4 Å². The quantitative estimate of drug-likeness (QED) is 0.494. The average molecular weight is 298 g/mol. The molecule has 0 radical (unpaired) electrons. The summed E-state index contributed by atoms with van der Waals surface area (Å²) in [6.45, 7) is 1.25. The molecule has 1 aromatic carbocycles. The van der Waals surface area contributed by atoms with Gasteiger partial charge in [0, 0.05) is 6.42 Å². The smallest absolute Gasteiger partial charge is 0.111 e. The van der Waals surface area contributed by atoms with Crippen LogP contribution in [0.25, 0.3) is 0 Å². The molecule has 118 valence electrons. The van der Waals surface area contributed by atoms with Crippen molar-refractivity contribution < 1.29 is 30.3 Å². The van der Waals surface area contributed by atoms with Crippen LogP contribution in [0.2, 0.25) is 0 Å². The molecule has 2 rings (SSSR count). The zero-order valence-electron chi connectivity index (χ0n) is 11.8. The van der Waals surface area contributed by atoms with Crippen molar-refractivity contribution in [2.24, 2.45) is 0 Å². The van der Waals surface area contributed by atoms with Crippen LogP contribution in [0.3, 0.4) is 0 Å². The summed E-state index contributed by atoms with van der Waals surface area (Å²) in [4.78, 5) is 0. The van der Waals surface area contributed by atoms with Gasteiger partial charge in [-0.3, -0.25) is 0 Å². The van der Waals surface area contributed by atoms with Crippen molar-refractivity contribution >= 4 is 0 Å². The lowest BCUT2D eigenvalue weighted by atomic mass is 9.91. The Morgan fingerprint density at radius 2 is 1.57 bits per heavy atom. The second-order valence-electron chi connectivity index (χ2n) is 5.49. The van der Waals surface area contributed by atoms with Crippen LogP contribution in [0, 0.1) is 0 Å². The van der Waals surface area contributed by atoms with Crippen molar-refractivity contribution in [1.82, 2.24) is 0 Å². The minimum absolute atomic E-state index is 0.335. The largest absolute Gasteiger partial charge is 0.394 e. The number of benzene rings is 1. The highest BCUT2D eigenvalue weighted by atomic mass is 16.5. The van der Waals surface area contributed by atoms with Crippen molar-refractivity contribution in [3.63, 3.8) is 0 Å². The van der Waals surface area contributed by atoms with Crippen LogP contribution in [0.1, 0.15) is 24.2 Å². The number of rotatable bonds is 4. The van der Waals surface area contributed by atoms with Gasteiger partial charge < -0.3 is 30.3 Å². The van der Waals surface area contributed by atoms with E-state index >= 15 is 0 Å². The summed E-state index contributed by atoms with van der Waals surface area (Å²) >= 11 is 0. The SMILES string of the molecule is C[C@H](O)c1ccc(C[C@@H]2O[C@@H](CO)[C@@H](O)[C@H](O)[C@H]2O)cc1. The highest BCUT2D eigenvalue weighted by molar-refractivity contribution is 5.24. The molecule has 1 aromatic rings. The first kappa shape index (κ1) is 16.4. The standard InChI is InChI=1S/C15H22O6/c1-8(17)10-4-2-9(3-5-10)6-11-13(18)15(20)14(19)12(7-16)21-11/h2-5,8,11-20H,6-7H2,1H3/t8-,11-,12-,13-,14+,15+/m0/s1. The van der Waals surface area contributed by atoms with Crippen molar-refractivity contribution in [1.29, 1.82) is 0 Å². The van der Waals surface area contributed by atoms with Gasteiger partial charge in [0.05, 0.1) is 18.8 Å². The number of hydrogen-bond acceptors (Lipinski definition) is 6. The van der Waals surface area contributed by atoms with Crippen LogP contribution in [0.15, 0.2) is 24.3 Å². The fourth-order valence-electron chi connectivity index (χ4n) is 2.51. The fourth-order valence-corrected chi connectivity index (χ4v) is 2.51. The Kier molecular flexibility index (Phi) is 5.32. The fraction of sp³-hybridized carbons (Fsp3) is 0.600. The molecule has 5 N–H and O–H groups in total. The van der Waals surface area contributed by atoms with E-state index in [2.05, 4.69) is 0 Å². The van der Waals surface area contributed by atoms with Crippen molar-refractivity contribution in [3.05, 3.63) is 35.4 Å². The molecule has 6 heteroatoms.